The Balaban J connectivity index is 1.56. The number of benzene rings is 2. The van der Waals surface area contributed by atoms with E-state index in [1.165, 1.54) is 47.9 Å². The number of esters is 2. The highest BCUT2D eigenvalue weighted by Crippen LogP contribution is 2.51. The Morgan fingerprint density at radius 1 is 1.07 bits per heavy atom. The van der Waals surface area contributed by atoms with E-state index in [1.54, 1.807) is 32.0 Å². The van der Waals surface area contributed by atoms with Gasteiger partial charge >= 0.3 is 11.9 Å². The molecule has 0 spiro atoms. The molecule has 2 fully saturated rings. The molecule has 2 aliphatic rings. The second-order valence-corrected chi connectivity index (χ2v) is 13.5. The fourth-order valence-electron chi connectivity index (χ4n) is 4.82. The van der Waals surface area contributed by atoms with Crippen molar-refractivity contribution in [2.45, 2.75) is 67.1 Å². The highest BCUT2D eigenvalue weighted by atomic mass is 32.2. The molecule has 14 nitrogen and oxygen atoms in total. The molecule has 2 aromatic rings. The zero-order valence-electron chi connectivity index (χ0n) is 22.9. The Kier molecular flexibility index (Phi) is 8.61. The largest absolute Gasteiger partial charge is 0.426 e. The predicted molar refractivity (Wildman–Crippen MR) is 148 cm³/mol. The molecule has 2 amide bonds. The van der Waals surface area contributed by atoms with E-state index in [4.69, 9.17) is 9.47 Å². The van der Waals surface area contributed by atoms with Gasteiger partial charge in [-0.2, -0.15) is 4.72 Å². The van der Waals surface area contributed by atoms with Gasteiger partial charge in [-0.3, -0.25) is 24.5 Å². The Hall–Kier alpha value is -4.02. The van der Waals surface area contributed by atoms with E-state index >= 15 is 0 Å². The van der Waals surface area contributed by atoms with Crippen LogP contribution in [0.4, 0.5) is 5.69 Å². The Morgan fingerprint density at radius 2 is 1.69 bits per heavy atom. The number of sulfonamides is 1. The number of ether oxygens (including phenoxy) is 2. The smallest absolute Gasteiger partial charge is 0.333 e. The Bertz CT molecular complexity index is 1530. The number of hydrogen-bond donors (Lipinski definition) is 2. The fourth-order valence-corrected chi connectivity index (χ4v) is 7.80. The van der Waals surface area contributed by atoms with Gasteiger partial charge in [0.25, 0.3) is 5.69 Å². The molecule has 2 saturated heterocycles. The number of β-lactam (4-membered cyclic amide) rings is 1. The minimum atomic E-state index is -4.59. The van der Waals surface area contributed by atoms with Crippen molar-refractivity contribution < 1.29 is 42.0 Å². The minimum Gasteiger partial charge on any atom is -0.426 e. The van der Waals surface area contributed by atoms with E-state index in [-0.39, 0.29) is 5.56 Å². The first-order valence-corrected chi connectivity index (χ1v) is 15.0. The van der Waals surface area contributed by atoms with Gasteiger partial charge in [0, 0.05) is 24.7 Å². The van der Waals surface area contributed by atoms with Gasteiger partial charge in [-0.25, -0.2) is 13.2 Å². The van der Waals surface area contributed by atoms with Crippen molar-refractivity contribution in [1.82, 2.24) is 14.9 Å². The van der Waals surface area contributed by atoms with E-state index in [0.29, 0.717) is 0 Å². The van der Waals surface area contributed by atoms with Crippen molar-refractivity contribution >= 4 is 51.2 Å². The van der Waals surface area contributed by atoms with E-state index in [0.717, 1.165) is 19.1 Å². The molecule has 2 unspecified atom stereocenters. The van der Waals surface area contributed by atoms with Gasteiger partial charge in [0.2, 0.25) is 28.1 Å². The zero-order valence-corrected chi connectivity index (χ0v) is 24.5. The maximum Gasteiger partial charge on any atom is 0.333 e. The Labute approximate surface area is 245 Å². The first-order valence-electron chi connectivity index (χ1n) is 12.6. The lowest BCUT2D eigenvalue weighted by molar-refractivity contribution is -0.387. The predicted octanol–water partition coefficient (Wildman–Crippen LogP) is 1.61. The molecule has 0 bridgehead atoms. The van der Waals surface area contributed by atoms with E-state index in [1.807, 2.05) is 0 Å². The summed E-state index contributed by atoms with van der Waals surface area (Å²) >= 11 is 1.24. The lowest BCUT2D eigenvalue weighted by Gasteiger charge is -2.44. The summed E-state index contributed by atoms with van der Waals surface area (Å²) in [5, 5.41) is 13.4. The molecule has 0 radical (unpaired) electrons. The summed E-state index contributed by atoms with van der Waals surface area (Å²) in [4.78, 5) is 62.1. The second-order valence-electron chi connectivity index (χ2n) is 10.0. The van der Waals surface area contributed by atoms with Crippen molar-refractivity contribution in [3.63, 3.8) is 0 Å². The monoisotopic (exact) mass is 620 g/mol. The van der Waals surface area contributed by atoms with Crippen LogP contribution in [0, 0.1) is 10.1 Å². The van der Waals surface area contributed by atoms with Crippen molar-refractivity contribution in [2.75, 3.05) is 0 Å². The van der Waals surface area contributed by atoms with Crippen molar-refractivity contribution in [3.05, 3.63) is 70.3 Å². The number of thioether (sulfide) groups is 1. The lowest BCUT2D eigenvalue weighted by atomic mass is 9.95. The van der Waals surface area contributed by atoms with E-state index in [9.17, 15) is 37.7 Å². The van der Waals surface area contributed by atoms with Gasteiger partial charge < -0.3 is 19.7 Å². The van der Waals surface area contributed by atoms with Gasteiger partial charge in [0.1, 0.15) is 23.5 Å². The molecule has 224 valence electrons. The maximum absolute atomic E-state index is 13.5. The molecule has 42 heavy (non-hydrogen) atoms. The normalized spacial score (nSPS) is 22.2. The summed E-state index contributed by atoms with van der Waals surface area (Å²) < 4.78 is 38.0. The average Bonchev–Trinajstić information content (AvgIpc) is 3.17. The van der Waals surface area contributed by atoms with Crippen molar-refractivity contribution in [1.29, 1.82) is 0 Å². The van der Waals surface area contributed by atoms with Crippen LogP contribution in [-0.4, -0.2) is 70.5 Å². The molecular formula is C26H28N4O10S2. The summed E-state index contributed by atoms with van der Waals surface area (Å²) in [5.74, 6) is -2.92. The third-order valence-electron chi connectivity index (χ3n) is 6.60. The number of nitrogens with zero attached hydrogens (tertiary/aromatic N) is 2. The topological polar surface area (TPSA) is 191 Å². The van der Waals surface area contributed by atoms with E-state index in [2.05, 4.69) is 10.0 Å². The number of nitro benzene ring substituents is 1. The van der Waals surface area contributed by atoms with Gasteiger partial charge in [-0.05, 0) is 25.5 Å². The van der Waals surface area contributed by atoms with E-state index < -0.39 is 83.8 Å². The number of amides is 2. The standard InChI is InChI=1S/C26H28N4O10S2/c1-14(31)39-15(2)40-25(34)21-26(3,4)41-24-20(23(33)29(21)24)27-22(32)19(16-10-6-5-7-11-16)28-42(37,38)18-13-9-8-12-17(18)30(35)36/h5-13,15,19-21,24,28H,1-4H3,(H,27,32)/t15?,19?,20-,21+,24-/m1/s1. The molecule has 16 heteroatoms. The van der Waals surface area contributed by atoms with Gasteiger partial charge in [0.05, 0.1) is 4.92 Å². The van der Waals surface area contributed by atoms with Crippen LogP contribution in [0.15, 0.2) is 59.5 Å². The quantitative estimate of drug-likeness (QED) is 0.129. The molecular weight excluding hydrogens is 592 g/mol. The van der Waals surface area contributed by atoms with Crippen LogP contribution in [0.5, 0.6) is 0 Å². The van der Waals surface area contributed by atoms with Crippen LogP contribution >= 0.6 is 11.8 Å². The van der Waals surface area contributed by atoms with Crippen LogP contribution < -0.4 is 10.0 Å². The third kappa shape index (κ3) is 6.10. The number of nitrogens with one attached hydrogen (secondary N) is 2. The number of carbonyl (C=O) groups is 4. The summed E-state index contributed by atoms with van der Waals surface area (Å²) in [6, 6.07) is 8.79. The van der Waals surface area contributed by atoms with Gasteiger partial charge in [-0.1, -0.05) is 42.5 Å². The molecule has 0 saturated carbocycles. The number of fused-ring (bicyclic) bond motifs is 1. The molecule has 2 aromatic carbocycles. The summed E-state index contributed by atoms with van der Waals surface area (Å²) in [7, 11) is -4.59. The highest BCUT2D eigenvalue weighted by molar-refractivity contribution is 8.01. The van der Waals surface area contributed by atoms with Crippen LogP contribution in [0.2, 0.25) is 0 Å². The molecule has 2 N–H and O–H groups in total. The van der Waals surface area contributed by atoms with Crippen molar-refractivity contribution in [3.8, 4) is 0 Å². The SMILES string of the molecule is CC(=O)OC(C)OC(=O)[C@@H]1N2C(=O)[C@@H](NC(=O)C(NS(=O)(=O)c3ccccc3[N+](=O)[O-])c3ccccc3)[C@H]2SC1(C)C. The van der Waals surface area contributed by atoms with Gasteiger partial charge in [-0.15, -0.1) is 11.8 Å². The molecule has 0 aliphatic carbocycles. The third-order valence-corrected chi connectivity index (χ3v) is 9.64. The van der Waals surface area contributed by atoms with Crippen LogP contribution in [-0.2, 0) is 38.7 Å². The lowest BCUT2D eigenvalue weighted by Crippen LogP contribution is -2.71. The number of para-hydroxylation sites is 1. The number of carbonyl (C=O) groups excluding carboxylic acids is 4. The zero-order chi connectivity index (χ0) is 31.0. The first-order chi connectivity index (χ1) is 19.6. The fraction of sp³-hybridized carbons (Fsp3) is 0.385. The molecule has 0 aromatic heterocycles. The summed E-state index contributed by atoms with van der Waals surface area (Å²) in [5.41, 5.74) is -0.450. The number of nitro groups is 1. The summed E-state index contributed by atoms with van der Waals surface area (Å²) in [6.07, 6.45) is -1.18. The molecule has 4 rings (SSSR count). The van der Waals surface area contributed by atoms with Crippen LogP contribution in [0.3, 0.4) is 0 Å². The van der Waals surface area contributed by atoms with Crippen molar-refractivity contribution in [2.24, 2.45) is 0 Å². The highest BCUT2D eigenvalue weighted by Gasteiger charge is 2.64. The molecule has 2 heterocycles. The first kappa shape index (κ1) is 30.9. The molecule has 5 atom stereocenters. The van der Waals surface area contributed by atoms with Gasteiger partial charge in [0.15, 0.2) is 4.90 Å². The average molecular weight is 621 g/mol. The van der Waals surface area contributed by atoms with Crippen LogP contribution in [0.25, 0.3) is 0 Å². The van der Waals surface area contributed by atoms with Crippen LogP contribution in [0.1, 0.15) is 39.3 Å². The summed E-state index contributed by atoms with van der Waals surface area (Å²) in [6.45, 7) is 5.96. The minimum absolute atomic E-state index is 0.223. The Morgan fingerprint density at radius 3 is 2.31 bits per heavy atom. The number of rotatable bonds is 10. The number of hydrogen-bond acceptors (Lipinski definition) is 11. The second kappa shape index (κ2) is 11.7. The molecule has 2 aliphatic heterocycles. The maximum atomic E-state index is 13.5.